The van der Waals surface area contributed by atoms with E-state index < -0.39 is 32.2 Å². The zero-order chi connectivity index (χ0) is 29.3. The molecule has 210 valence electrons. The molecule has 0 amide bonds. The van der Waals surface area contributed by atoms with Crippen LogP contribution >= 0.6 is 0 Å². The molecule has 1 aliphatic carbocycles. The molecule has 10 heteroatoms. The molecule has 2 heterocycles. The summed E-state index contributed by atoms with van der Waals surface area (Å²) < 4.78 is 34.9. The van der Waals surface area contributed by atoms with Crippen molar-refractivity contribution in [3.8, 4) is 23.1 Å². The summed E-state index contributed by atoms with van der Waals surface area (Å²) in [5.74, 6) is -0.529. The quantitative estimate of drug-likeness (QED) is 0.299. The molecular weight excluding hydrogens is 540 g/mol. The van der Waals surface area contributed by atoms with E-state index in [2.05, 4.69) is 16.0 Å². The van der Waals surface area contributed by atoms with E-state index in [9.17, 15) is 23.6 Å². The Kier molecular flexibility index (Phi) is 7.76. The lowest BCUT2D eigenvalue weighted by Gasteiger charge is -2.26. The van der Waals surface area contributed by atoms with E-state index in [1.165, 1.54) is 16.7 Å². The Labute approximate surface area is 238 Å². The molecule has 1 atom stereocenters. The summed E-state index contributed by atoms with van der Waals surface area (Å²) in [7, 11) is -4.47. The summed E-state index contributed by atoms with van der Waals surface area (Å²) in [4.78, 5) is 20.6. The molecule has 9 nitrogen and oxygen atoms in total. The predicted octanol–water partition coefficient (Wildman–Crippen LogP) is 4.95. The van der Waals surface area contributed by atoms with Gasteiger partial charge in [0.1, 0.15) is 12.4 Å². The third-order valence-electron chi connectivity index (χ3n) is 7.15. The van der Waals surface area contributed by atoms with Crippen LogP contribution in [0.5, 0.6) is 5.88 Å². The van der Waals surface area contributed by atoms with Crippen LogP contribution in [0.25, 0.3) is 11.1 Å². The van der Waals surface area contributed by atoms with Gasteiger partial charge in [-0.2, -0.15) is 10.2 Å². The summed E-state index contributed by atoms with van der Waals surface area (Å²) in [6.45, 7) is 5.45. The first-order valence-corrected chi connectivity index (χ1v) is 14.8. The highest BCUT2D eigenvalue weighted by molar-refractivity contribution is 7.91. The zero-order valence-corrected chi connectivity index (χ0v) is 23.8. The highest BCUT2D eigenvalue weighted by Crippen LogP contribution is 2.46. The van der Waals surface area contributed by atoms with Gasteiger partial charge in [0.05, 0.1) is 28.7 Å². The SMILES string of the molecule is Cc1cnccc1-c1ccc(S(=O)(=O)c2c(O)n(C(c3cccc(C#N)c3)C3CC3)c(COC(C)C)nc2=O)cc1. The first-order valence-electron chi connectivity index (χ1n) is 13.3. The van der Waals surface area contributed by atoms with Gasteiger partial charge >= 0.3 is 0 Å². The summed E-state index contributed by atoms with van der Waals surface area (Å²) in [6, 6.07) is 16.5. The van der Waals surface area contributed by atoms with Crippen LogP contribution in [-0.2, 0) is 21.2 Å². The second kappa shape index (κ2) is 11.3. The number of ether oxygens (including phenoxy) is 1. The van der Waals surface area contributed by atoms with Crippen molar-refractivity contribution >= 4 is 9.84 Å². The van der Waals surface area contributed by atoms with Crippen molar-refractivity contribution in [3.63, 3.8) is 0 Å². The Balaban J connectivity index is 1.66. The average molecular weight is 571 g/mol. The Morgan fingerprint density at radius 3 is 2.51 bits per heavy atom. The molecular formula is C31H30N4O5S. The molecule has 5 rings (SSSR count). The highest BCUT2D eigenvalue weighted by atomic mass is 32.2. The number of pyridine rings is 1. The van der Waals surface area contributed by atoms with Crippen LogP contribution in [0.2, 0.25) is 0 Å². The lowest BCUT2D eigenvalue weighted by molar-refractivity contribution is 0.0568. The standard InChI is InChI=1S/C31H30N4O5S/c1-19(2)40-18-27-34-30(36)29(31(37)35(27)28(23-7-8-23)24-6-4-5-21(15-24)16-32)41(38,39)25-11-9-22(10-12-25)26-13-14-33-17-20(26)3/h4-6,9-15,17,19,23,28,37H,7-8,18H2,1-3H3. The average Bonchev–Trinajstić information content (AvgIpc) is 3.79. The normalized spacial score (nSPS) is 14.1. The van der Waals surface area contributed by atoms with E-state index in [-0.39, 0.29) is 29.3 Å². The number of hydrogen-bond acceptors (Lipinski definition) is 8. The van der Waals surface area contributed by atoms with Crippen LogP contribution in [-0.4, -0.2) is 34.2 Å². The third-order valence-corrected chi connectivity index (χ3v) is 8.94. The fraction of sp³-hybridized carbons (Fsp3) is 0.290. The van der Waals surface area contributed by atoms with Crippen molar-refractivity contribution in [3.05, 3.63) is 99.9 Å². The van der Waals surface area contributed by atoms with Crippen LogP contribution in [0.4, 0.5) is 0 Å². The molecule has 1 aliphatic rings. The Hall–Kier alpha value is -4.33. The van der Waals surface area contributed by atoms with Crippen LogP contribution in [0.3, 0.4) is 0 Å². The number of nitriles is 1. The molecule has 0 aliphatic heterocycles. The largest absolute Gasteiger partial charge is 0.493 e. The first-order chi connectivity index (χ1) is 19.6. The zero-order valence-electron chi connectivity index (χ0n) is 23.0. The molecule has 4 aromatic rings. The summed E-state index contributed by atoms with van der Waals surface area (Å²) in [5.41, 5.74) is 2.69. The van der Waals surface area contributed by atoms with Gasteiger partial charge < -0.3 is 9.84 Å². The number of aromatic hydroxyl groups is 1. The number of nitrogens with zero attached hydrogens (tertiary/aromatic N) is 4. The molecule has 1 fully saturated rings. The number of benzene rings is 2. The van der Waals surface area contributed by atoms with Crippen molar-refractivity contribution in [1.29, 1.82) is 5.26 Å². The van der Waals surface area contributed by atoms with E-state index in [1.54, 1.807) is 42.7 Å². The van der Waals surface area contributed by atoms with E-state index in [0.717, 1.165) is 29.5 Å². The highest BCUT2D eigenvalue weighted by Gasteiger charge is 2.39. The van der Waals surface area contributed by atoms with Crippen molar-refractivity contribution < 1.29 is 18.3 Å². The Morgan fingerprint density at radius 1 is 1.15 bits per heavy atom. The van der Waals surface area contributed by atoms with Crippen LogP contribution in [0, 0.1) is 24.2 Å². The molecule has 41 heavy (non-hydrogen) atoms. The van der Waals surface area contributed by atoms with Gasteiger partial charge in [-0.3, -0.25) is 14.3 Å². The topological polar surface area (TPSA) is 135 Å². The first kappa shape index (κ1) is 28.2. The van der Waals surface area contributed by atoms with E-state index in [4.69, 9.17) is 4.74 Å². The lowest BCUT2D eigenvalue weighted by Crippen LogP contribution is -2.29. The van der Waals surface area contributed by atoms with Crippen molar-refractivity contribution in [2.45, 2.75) is 62.2 Å². The fourth-order valence-corrected chi connectivity index (χ4v) is 6.33. The molecule has 1 unspecified atom stereocenters. The van der Waals surface area contributed by atoms with Gasteiger partial charge in [0.15, 0.2) is 4.90 Å². The third kappa shape index (κ3) is 5.64. The Morgan fingerprint density at radius 2 is 1.88 bits per heavy atom. The van der Waals surface area contributed by atoms with Crippen LogP contribution in [0.15, 0.2) is 81.6 Å². The van der Waals surface area contributed by atoms with Gasteiger partial charge in [0, 0.05) is 12.4 Å². The monoisotopic (exact) mass is 570 g/mol. The van der Waals surface area contributed by atoms with E-state index in [0.29, 0.717) is 11.1 Å². The second-order valence-corrected chi connectivity index (χ2v) is 12.3. The van der Waals surface area contributed by atoms with E-state index >= 15 is 0 Å². The van der Waals surface area contributed by atoms with Gasteiger partial charge in [0.2, 0.25) is 15.7 Å². The van der Waals surface area contributed by atoms with Crippen molar-refractivity contribution in [2.75, 3.05) is 0 Å². The van der Waals surface area contributed by atoms with Crippen molar-refractivity contribution in [1.82, 2.24) is 14.5 Å². The minimum Gasteiger partial charge on any atom is -0.493 e. The van der Waals surface area contributed by atoms with Gasteiger partial charge in [-0.15, -0.1) is 0 Å². The molecule has 2 aromatic heterocycles. The summed E-state index contributed by atoms with van der Waals surface area (Å²) in [5, 5.41) is 21.1. The van der Waals surface area contributed by atoms with Gasteiger partial charge in [-0.25, -0.2) is 8.42 Å². The van der Waals surface area contributed by atoms with Gasteiger partial charge in [-0.05, 0) is 92.1 Å². The van der Waals surface area contributed by atoms with Gasteiger partial charge in [-0.1, -0.05) is 24.3 Å². The van der Waals surface area contributed by atoms with Crippen LogP contribution in [0.1, 0.15) is 55.2 Å². The minimum atomic E-state index is -4.47. The Bertz CT molecular complexity index is 1800. The van der Waals surface area contributed by atoms with E-state index in [1.807, 2.05) is 32.9 Å². The molecule has 0 bridgehead atoms. The van der Waals surface area contributed by atoms with Crippen molar-refractivity contribution in [2.24, 2.45) is 5.92 Å². The number of sulfone groups is 1. The smallest absolute Gasteiger partial charge is 0.296 e. The lowest BCUT2D eigenvalue weighted by atomic mass is 9.99. The van der Waals surface area contributed by atoms with Gasteiger partial charge in [0.25, 0.3) is 5.56 Å². The number of aryl methyl sites for hydroxylation is 1. The molecule has 0 radical (unpaired) electrons. The number of hydrogen-bond donors (Lipinski definition) is 1. The predicted molar refractivity (Wildman–Crippen MR) is 152 cm³/mol. The number of rotatable bonds is 9. The maximum absolute atomic E-state index is 13.9. The van der Waals surface area contributed by atoms with Crippen LogP contribution < -0.4 is 5.56 Å². The maximum Gasteiger partial charge on any atom is 0.296 e. The fourth-order valence-electron chi connectivity index (χ4n) is 4.98. The summed E-state index contributed by atoms with van der Waals surface area (Å²) >= 11 is 0. The molecule has 1 saturated carbocycles. The molecule has 0 spiro atoms. The molecule has 0 saturated heterocycles. The number of aromatic nitrogens is 3. The summed E-state index contributed by atoms with van der Waals surface area (Å²) in [6.07, 6.45) is 4.84. The second-order valence-electron chi connectivity index (χ2n) is 10.5. The minimum absolute atomic E-state index is 0.0513. The molecule has 2 aromatic carbocycles. The molecule has 1 N–H and O–H groups in total. The maximum atomic E-state index is 13.9.